The summed E-state index contributed by atoms with van der Waals surface area (Å²) in [5.41, 5.74) is 1.29. The Hall–Kier alpha value is -1.53. The smallest absolute Gasteiger partial charge is 0.268 e. The van der Waals surface area contributed by atoms with Crippen LogP contribution in [0.4, 0.5) is 4.39 Å². The van der Waals surface area contributed by atoms with E-state index in [0.29, 0.717) is 16.2 Å². The van der Waals surface area contributed by atoms with Crippen LogP contribution in [-0.4, -0.2) is 10.9 Å². The lowest BCUT2D eigenvalue weighted by Crippen LogP contribution is -2.23. The summed E-state index contributed by atoms with van der Waals surface area (Å²) in [5.74, 6) is -0.510. The molecule has 0 radical (unpaired) electrons. The Bertz CT molecular complexity index is 574. The molecule has 0 saturated carbocycles. The van der Waals surface area contributed by atoms with Gasteiger partial charge in [-0.1, -0.05) is 12.1 Å². The van der Waals surface area contributed by atoms with Gasteiger partial charge in [0.05, 0.1) is 0 Å². The van der Waals surface area contributed by atoms with E-state index in [0.717, 1.165) is 5.56 Å². The van der Waals surface area contributed by atoms with Gasteiger partial charge in [-0.25, -0.2) is 4.39 Å². The summed E-state index contributed by atoms with van der Waals surface area (Å²) in [6.07, 6.45) is 0. The number of H-pyrrole nitrogens is 1. The summed E-state index contributed by atoms with van der Waals surface area (Å²) in [5, 5.41) is 4.38. The minimum atomic E-state index is -0.290. The molecular formula is C11H9FN2OS2. The maximum Gasteiger partial charge on any atom is 0.268 e. The molecule has 1 aromatic heterocycles. The number of aromatic amines is 1. The Morgan fingerprint density at radius 3 is 2.71 bits per heavy atom. The van der Waals surface area contributed by atoms with Crippen LogP contribution < -0.4 is 5.32 Å². The highest BCUT2D eigenvalue weighted by Gasteiger charge is 2.06. The first-order valence-corrected chi connectivity index (χ1v) is 6.14. The van der Waals surface area contributed by atoms with E-state index >= 15 is 0 Å². The first-order valence-electron chi connectivity index (χ1n) is 4.85. The van der Waals surface area contributed by atoms with Crippen molar-refractivity contribution < 1.29 is 9.18 Å². The first kappa shape index (κ1) is 11.9. The van der Waals surface area contributed by atoms with Crippen LogP contribution in [0.2, 0.25) is 0 Å². The molecule has 1 heterocycles. The second kappa shape index (κ2) is 5.20. The molecule has 0 aliphatic rings. The Morgan fingerprint density at radius 1 is 1.41 bits per heavy atom. The monoisotopic (exact) mass is 268 g/mol. The molecule has 2 N–H and O–H groups in total. The van der Waals surface area contributed by atoms with Crippen LogP contribution >= 0.6 is 23.6 Å². The molecule has 0 atom stereocenters. The Labute approximate surface area is 106 Å². The van der Waals surface area contributed by atoms with Crippen molar-refractivity contribution in [3.05, 3.63) is 50.7 Å². The number of benzene rings is 1. The van der Waals surface area contributed by atoms with Crippen LogP contribution in [-0.2, 0) is 6.54 Å². The summed E-state index contributed by atoms with van der Waals surface area (Å²) in [6.45, 7) is 0.357. The lowest BCUT2D eigenvalue weighted by molar-refractivity contribution is 0.0946. The van der Waals surface area contributed by atoms with E-state index in [9.17, 15) is 9.18 Å². The zero-order valence-electron chi connectivity index (χ0n) is 8.70. The maximum atomic E-state index is 12.7. The van der Waals surface area contributed by atoms with Gasteiger partial charge in [0.2, 0.25) is 0 Å². The number of hydrogen-bond donors (Lipinski definition) is 2. The first-order chi connectivity index (χ1) is 8.15. The number of carbonyl (C=O) groups excluding carboxylic acids is 1. The molecule has 3 nitrogen and oxygen atoms in total. The topological polar surface area (TPSA) is 44.9 Å². The van der Waals surface area contributed by atoms with Crippen LogP contribution in [0.5, 0.6) is 0 Å². The molecule has 2 aromatic rings. The van der Waals surface area contributed by atoms with E-state index in [1.807, 2.05) is 0 Å². The van der Waals surface area contributed by atoms with Gasteiger partial charge < -0.3 is 10.3 Å². The van der Waals surface area contributed by atoms with Crippen molar-refractivity contribution in [2.24, 2.45) is 0 Å². The number of nitrogens with one attached hydrogen (secondary N) is 2. The number of hydrogen-bond acceptors (Lipinski definition) is 3. The van der Waals surface area contributed by atoms with E-state index in [1.165, 1.54) is 23.5 Å². The van der Waals surface area contributed by atoms with E-state index in [1.54, 1.807) is 17.5 Å². The highest BCUT2D eigenvalue weighted by atomic mass is 32.1. The van der Waals surface area contributed by atoms with Gasteiger partial charge in [0.1, 0.15) is 11.5 Å². The molecule has 0 saturated heterocycles. The lowest BCUT2D eigenvalue weighted by Gasteiger charge is -2.03. The predicted octanol–water partition coefficient (Wildman–Crippen LogP) is 2.87. The number of carbonyl (C=O) groups is 1. The van der Waals surface area contributed by atoms with Gasteiger partial charge in [-0.2, -0.15) is 0 Å². The van der Waals surface area contributed by atoms with Crippen molar-refractivity contribution in [1.29, 1.82) is 0 Å². The lowest BCUT2D eigenvalue weighted by atomic mass is 10.2. The van der Waals surface area contributed by atoms with E-state index < -0.39 is 0 Å². The van der Waals surface area contributed by atoms with Crippen LogP contribution in [0.1, 0.15) is 16.1 Å². The number of thiazole rings is 1. The Morgan fingerprint density at radius 2 is 2.12 bits per heavy atom. The molecule has 0 unspecified atom stereocenters. The maximum absolute atomic E-state index is 12.7. The third-order valence-electron chi connectivity index (χ3n) is 2.13. The summed E-state index contributed by atoms with van der Waals surface area (Å²) in [4.78, 5) is 14.4. The second-order valence-corrected chi connectivity index (χ2v) is 4.92. The second-order valence-electron chi connectivity index (χ2n) is 3.37. The van der Waals surface area contributed by atoms with Crippen molar-refractivity contribution in [2.45, 2.75) is 6.54 Å². The van der Waals surface area contributed by atoms with Crippen molar-refractivity contribution >= 4 is 29.5 Å². The van der Waals surface area contributed by atoms with Gasteiger partial charge in [0.15, 0.2) is 3.95 Å². The highest BCUT2D eigenvalue weighted by molar-refractivity contribution is 7.73. The molecular weight excluding hydrogens is 259 g/mol. The quantitative estimate of drug-likeness (QED) is 0.841. The highest BCUT2D eigenvalue weighted by Crippen LogP contribution is 2.05. The molecule has 2 rings (SSSR count). The number of halogens is 1. The van der Waals surface area contributed by atoms with Crippen LogP contribution in [0, 0.1) is 9.77 Å². The largest absolute Gasteiger partial charge is 0.347 e. The van der Waals surface area contributed by atoms with Gasteiger partial charge in [-0.05, 0) is 29.9 Å². The minimum Gasteiger partial charge on any atom is -0.347 e. The fourth-order valence-electron chi connectivity index (χ4n) is 1.27. The average molecular weight is 268 g/mol. The SMILES string of the molecule is O=C(NCc1ccc(F)cc1)c1csc(=S)[nH]1. The molecule has 0 fully saturated rings. The molecule has 17 heavy (non-hydrogen) atoms. The van der Waals surface area contributed by atoms with Crippen molar-refractivity contribution in [1.82, 2.24) is 10.3 Å². The van der Waals surface area contributed by atoms with E-state index in [2.05, 4.69) is 10.3 Å². The zero-order valence-corrected chi connectivity index (χ0v) is 10.3. The molecule has 6 heteroatoms. The fraction of sp³-hybridized carbons (Fsp3) is 0.0909. The molecule has 0 aliphatic carbocycles. The van der Waals surface area contributed by atoms with Crippen LogP contribution in [0.3, 0.4) is 0 Å². The van der Waals surface area contributed by atoms with Gasteiger partial charge in [-0.3, -0.25) is 4.79 Å². The average Bonchev–Trinajstić information content (AvgIpc) is 2.75. The molecule has 0 spiro atoms. The third kappa shape index (κ3) is 3.21. The number of rotatable bonds is 3. The van der Waals surface area contributed by atoms with Crippen molar-refractivity contribution in [2.75, 3.05) is 0 Å². The molecule has 0 bridgehead atoms. The zero-order chi connectivity index (χ0) is 12.3. The van der Waals surface area contributed by atoms with Crippen LogP contribution in [0.25, 0.3) is 0 Å². The van der Waals surface area contributed by atoms with Crippen molar-refractivity contribution in [3.63, 3.8) is 0 Å². The molecule has 88 valence electrons. The van der Waals surface area contributed by atoms with Gasteiger partial charge in [0.25, 0.3) is 5.91 Å². The van der Waals surface area contributed by atoms with Gasteiger partial charge in [0, 0.05) is 11.9 Å². The minimum absolute atomic E-state index is 0.221. The van der Waals surface area contributed by atoms with Gasteiger partial charge in [-0.15, -0.1) is 11.3 Å². The summed E-state index contributed by atoms with van der Waals surface area (Å²) < 4.78 is 13.2. The standard InChI is InChI=1S/C11H9FN2OS2/c12-8-3-1-7(2-4-8)5-13-10(15)9-6-17-11(16)14-9/h1-4,6H,5H2,(H,13,15)(H,14,16). The van der Waals surface area contributed by atoms with E-state index in [4.69, 9.17) is 12.2 Å². The summed E-state index contributed by atoms with van der Waals surface area (Å²) >= 11 is 6.19. The molecule has 0 aliphatic heterocycles. The fourth-order valence-corrected chi connectivity index (χ4v) is 2.09. The Kier molecular flexibility index (Phi) is 3.65. The molecule has 1 amide bonds. The normalized spacial score (nSPS) is 10.2. The summed E-state index contributed by atoms with van der Waals surface area (Å²) in [7, 11) is 0. The summed E-state index contributed by atoms with van der Waals surface area (Å²) in [6, 6.07) is 5.98. The van der Waals surface area contributed by atoms with Crippen molar-refractivity contribution in [3.8, 4) is 0 Å². The van der Waals surface area contributed by atoms with Gasteiger partial charge >= 0.3 is 0 Å². The molecule has 1 aromatic carbocycles. The predicted molar refractivity (Wildman–Crippen MR) is 67.1 cm³/mol. The van der Waals surface area contributed by atoms with E-state index in [-0.39, 0.29) is 11.7 Å². The number of amides is 1. The number of aromatic nitrogens is 1. The third-order valence-corrected chi connectivity index (χ3v) is 3.19. The van der Waals surface area contributed by atoms with Crippen LogP contribution in [0.15, 0.2) is 29.6 Å². The Balaban J connectivity index is 1.96.